The molecule has 1 heterocycles. The molecule has 1 amide bonds. The van der Waals surface area contributed by atoms with Crippen LogP contribution in [0.2, 0.25) is 0 Å². The number of hydrogen-bond acceptors (Lipinski definition) is 8. The molecule has 1 N–H and O–H groups in total. The number of methoxy groups -OCH3 is 2. The van der Waals surface area contributed by atoms with Gasteiger partial charge in [-0.2, -0.15) is 5.26 Å². The van der Waals surface area contributed by atoms with Crippen molar-refractivity contribution in [3.05, 3.63) is 40.4 Å². The fourth-order valence-corrected chi connectivity index (χ4v) is 3.69. The summed E-state index contributed by atoms with van der Waals surface area (Å²) in [7, 11) is 2.43. The van der Waals surface area contributed by atoms with Crippen LogP contribution in [0.15, 0.2) is 34.9 Å². The highest BCUT2D eigenvalue weighted by Crippen LogP contribution is 2.40. The Kier molecular flexibility index (Phi) is 7.46. The zero-order chi connectivity index (χ0) is 20.7. The quantitative estimate of drug-likeness (QED) is 0.540. The highest BCUT2D eigenvalue weighted by Gasteiger charge is 2.44. The van der Waals surface area contributed by atoms with Gasteiger partial charge in [-0.15, -0.1) is 0 Å². The van der Waals surface area contributed by atoms with Crippen LogP contribution in [0.5, 0.6) is 5.75 Å². The fraction of sp³-hybridized carbons (Fsp3) is 0.368. The first-order valence-corrected chi connectivity index (χ1v) is 9.40. The zero-order valence-electron chi connectivity index (χ0n) is 15.7. The summed E-state index contributed by atoms with van der Waals surface area (Å²) in [5.41, 5.74) is 0.759. The number of carbonyl (C=O) groups excluding carboxylic acids is 3. The molecule has 8 nitrogen and oxygen atoms in total. The average molecular weight is 404 g/mol. The lowest BCUT2D eigenvalue weighted by Gasteiger charge is -2.30. The molecule has 1 aromatic carbocycles. The summed E-state index contributed by atoms with van der Waals surface area (Å²) in [5, 5.41) is 12.5. The van der Waals surface area contributed by atoms with Gasteiger partial charge in [0.25, 0.3) is 0 Å². The third-order valence-corrected chi connectivity index (χ3v) is 5.09. The number of hydrogen-bond donors (Lipinski definition) is 1. The third-order valence-electron chi connectivity index (χ3n) is 4.10. The highest BCUT2D eigenvalue weighted by atomic mass is 32.2. The highest BCUT2D eigenvalue weighted by molar-refractivity contribution is 8.03. The minimum absolute atomic E-state index is 0.0871. The first-order chi connectivity index (χ1) is 13.5. The second kappa shape index (κ2) is 9.80. The number of esters is 2. The van der Waals surface area contributed by atoms with Gasteiger partial charge in [0.1, 0.15) is 11.7 Å². The minimum Gasteiger partial charge on any atom is -0.494 e. The van der Waals surface area contributed by atoms with Crippen molar-refractivity contribution in [2.24, 2.45) is 5.92 Å². The molecule has 0 aliphatic carbocycles. The van der Waals surface area contributed by atoms with Crippen LogP contribution in [0.25, 0.3) is 0 Å². The largest absolute Gasteiger partial charge is 0.494 e. The van der Waals surface area contributed by atoms with Crippen molar-refractivity contribution in [2.45, 2.75) is 12.8 Å². The van der Waals surface area contributed by atoms with Crippen molar-refractivity contribution in [3.8, 4) is 11.8 Å². The Bertz CT molecular complexity index is 828. The van der Waals surface area contributed by atoms with E-state index in [9.17, 15) is 19.6 Å². The summed E-state index contributed by atoms with van der Waals surface area (Å²) < 4.78 is 14.8. The van der Waals surface area contributed by atoms with Crippen LogP contribution in [0, 0.1) is 17.2 Å². The monoisotopic (exact) mass is 404 g/mol. The maximum absolute atomic E-state index is 12.6. The summed E-state index contributed by atoms with van der Waals surface area (Å²) in [4.78, 5) is 36.4. The predicted molar refractivity (Wildman–Crippen MR) is 101 cm³/mol. The molecule has 0 saturated heterocycles. The van der Waals surface area contributed by atoms with Crippen molar-refractivity contribution in [2.75, 3.05) is 26.6 Å². The van der Waals surface area contributed by atoms with Crippen molar-refractivity contribution < 1.29 is 28.6 Å². The van der Waals surface area contributed by atoms with E-state index in [1.54, 1.807) is 24.3 Å². The maximum Gasteiger partial charge on any atom is 0.319 e. The van der Waals surface area contributed by atoms with E-state index in [0.717, 1.165) is 11.8 Å². The van der Waals surface area contributed by atoms with E-state index in [2.05, 4.69) is 16.1 Å². The van der Waals surface area contributed by atoms with Crippen LogP contribution in [0.3, 0.4) is 0 Å². The van der Waals surface area contributed by atoms with Gasteiger partial charge >= 0.3 is 11.9 Å². The van der Waals surface area contributed by atoms with Crippen LogP contribution in [0.1, 0.15) is 18.4 Å². The van der Waals surface area contributed by atoms with Crippen molar-refractivity contribution in [1.82, 2.24) is 5.32 Å². The van der Waals surface area contributed by atoms with Crippen molar-refractivity contribution >= 4 is 29.6 Å². The Morgan fingerprint density at radius 1 is 1.21 bits per heavy atom. The third kappa shape index (κ3) is 4.64. The topological polar surface area (TPSA) is 115 Å². The Morgan fingerprint density at radius 3 is 2.43 bits per heavy atom. The molecule has 28 heavy (non-hydrogen) atoms. The molecule has 9 heteroatoms. The molecule has 1 aliphatic heterocycles. The summed E-state index contributed by atoms with van der Waals surface area (Å²) in [6, 6.07) is 8.87. The van der Waals surface area contributed by atoms with E-state index in [1.165, 1.54) is 14.2 Å². The normalized spacial score (nSPS) is 18.7. The van der Waals surface area contributed by atoms with Gasteiger partial charge in [0, 0.05) is 5.92 Å². The molecule has 148 valence electrons. The second-order valence-electron chi connectivity index (χ2n) is 5.69. The van der Waals surface area contributed by atoms with E-state index in [-0.39, 0.29) is 16.4 Å². The smallest absolute Gasteiger partial charge is 0.319 e. The van der Waals surface area contributed by atoms with Crippen LogP contribution >= 0.6 is 11.8 Å². The standard InChI is InChI=1S/C19H20N2O6S/c1-4-27-12-7-5-11(6-8-12)15-13(9-20)18(28-10-14(22)25-2)21-17(23)16(15)19(24)26-3/h5-8,15-16H,4,10H2,1-3H3,(H,21,23)/t15-,16+/m0/s1. The van der Waals surface area contributed by atoms with Gasteiger partial charge in [-0.05, 0) is 24.6 Å². The minimum atomic E-state index is -1.22. The maximum atomic E-state index is 12.6. The number of thioether (sulfide) groups is 1. The van der Waals surface area contributed by atoms with E-state index in [4.69, 9.17) is 9.47 Å². The number of benzene rings is 1. The molecule has 2 rings (SSSR count). The predicted octanol–water partition coefficient (Wildman–Crippen LogP) is 1.73. The number of nitrogens with one attached hydrogen (secondary N) is 1. The molecule has 0 saturated carbocycles. The average Bonchev–Trinajstić information content (AvgIpc) is 2.71. The lowest BCUT2D eigenvalue weighted by atomic mass is 9.78. The summed E-state index contributed by atoms with van der Waals surface area (Å²) >= 11 is 0.971. The van der Waals surface area contributed by atoms with E-state index in [1.807, 2.05) is 6.92 Å². The van der Waals surface area contributed by atoms with Gasteiger partial charge in [0.2, 0.25) is 5.91 Å². The number of nitrogens with zero attached hydrogens (tertiary/aromatic N) is 1. The van der Waals surface area contributed by atoms with E-state index >= 15 is 0 Å². The van der Waals surface area contributed by atoms with E-state index < -0.39 is 29.7 Å². The number of rotatable bonds is 7. The van der Waals surface area contributed by atoms with E-state index in [0.29, 0.717) is 17.9 Å². The molecular formula is C19H20N2O6S. The van der Waals surface area contributed by atoms with Gasteiger partial charge in [0.15, 0.2) is 0 Å². The lowest BCUT2D eigenvalue weighted by Crippen LogP contribution is -2.44. The molecule has 0 radical (unpaired) electrons. The van der Waals surface area contributed by atoms with Crippen LogP contribution < -0.4 is 10.1 Å². The zero-order valence-corrected chi connectivity index (χ0v) is 16.5. The molecule has 1 aromatic rings. The van der Waals surface area contributed by atoms with Crippen LogP contribution in [-0.4, -0.2) is 44.4 Å². The SMILES string of the molecule is CCOc1ccc([C@H]2C(C#N)=C(SCC(=O)OC)NC(=O)[C@@H]2C(=O)OC)cc1. The molecular weight excluding hydrogens is 384 g/mol. The fourth-order valence-electron chi connectivity index (χ4n) is 2.81. The molecule has 0 unspecified atom stereocenters. The number of ether oxygens (including phenoxy) is 3. The Morgan fingerprint density at radius 2 is 1.89 bits per heavy atom. The van der Waals surface area contributed by atoms with Crippen LogP contribution in [0.4, 0.5) is 0 Å². The summed E-state index contributed by atoms with van der Waals surface area (Å²) in [6.07, 6.45) is 0. The summed E-state index contributed by atoms with van der Waals surface area (Å²) in [5.74, 6) is -3.38. The molecule has 2 atom stereocenters. The van der Waals surface area contributed by atoms with Gasteiger partial charge in [0.05, 0.1) is 43.3 Å². The van der Waals surface area contributed by atoms with Gasteiger partial charge in [-0.25, -0.2) is 0 Å². The number of nitriles is 1. The molecule has 0 bridgehead atoms. The molecule has 1 aliphatic rings. The Balaban J connectivity index is 2.50. The Hall–Kier alpha value is -2.99. The first-order valence-electron chi connectivity index (χ1n) is 8.42. The number of carbonyl (C=O) groups is 3. The molecule has 0 spiro atoms. The first kappa shape index (κ1) is 21.3. The Labute approximate surface area is 166 Å². The number of amides is 1. The van der Waals surface area contributed by atoms with Crippen molar-refractivity contribution in [3.63, 3.8) is 0 Å². The number of allylic oxidation sites excluding steroid dienone is 1. The van der Waals surface area contributed by atoms with Crippen molar-refractivity contribution in [1.29, 1.82) is 5.26 Å². The second-order valence-corrected chi connectivity index (χ2v) is 6.67. The van der Waals surface area contributed by atoms with Crippen LogP contribution in [-0.2, 0) is 23.9 Å². The van der Waals surface area contributed by atoms with Gasteiger partial charge < -0.3 is 19.5 Å². The van der Waals surface area contributed by atoms with Gasteiger partial charge in [-0.3, -0.25) is 14.4 Å². The summed E-state index contributed by atoms with van der Waals surface area (Å²) in [6.45, 7) is 2.35. The molecule has 0 fully saturated rings. The lowest BCUT2D eigenvalue weighted by molar-refractivity contribution is -0.150. The molecule has 0 aromatic heterocycles. The van der Waals surface area contributed by atoms with Gasteiger partial charge in [-0.1, -0.05) is 23.9 Å².